The monoisotopic (exact) mass is 406 g/mol. The number of fused-ring (bicyclic) bond motifs is 1. The van der Waals surface area contributed by atoms with E-state index >= 15 is 0 Å². The molecule has 0 nitrogen and oxygen atoms in total. The number of hydrogen-bond donors (Lipinski definition) is 0. The van der Waals surface area contributed by atoms with Gasteiger partial charge >= 0.3 is 0 Å². The lowest BCUT2D eigenvalue weighted by atomic mass is 10.0. The topological polar surface area (TPSA) is 0 Å². The highest BCUT2D eigenvalue weighted by atomic mass is 79.9. The van der Waals surface area contributed by atoms with Crippen molar-refractivity contribution in [2.45, 2.75) is 11.2 Å². The fraction of sp³-hybridized carbons (Fsp3) is 0.111. The van der Waals surface area contributed by atoms with Crippen molar-refractivity contribution in [1.82, 2.24) is 0 Å². The summed E-state index contributed by atoms with van der Waals surface area (Å²) in [7, 11) is 0. The van der Waals surface area contributed by atoms with Gasteiger partial charge in [-0.05, 0) is 34.9 Å². The van der Waals surface area contributed by atoms with Crippen LogP contribution in [0.5, 0.6) is 0 Å². The van der Waals surface area contributed by atoms with Crippen molar-refractivity contribution in [1.29, 1.82) is 0 Å². The Morgan fingerprint density at radius 1 is 0.905 bits per heavy atom. The third kappa shape index (κ3) is 3.35. The molecule has 3 aromatic carbocycles. The summed E-state index contributed by atoms with van der Waals surface area (Å²) in [5.74, 6) is -0.188. The van der Waals surface area contributed by atoms with Crippen LogP contribution >= 0.6 is 31.9 Å². The summed E-state index contributed by atoms with van der Waals surface area (Å²) in [6.07, 6.45) is 0.753. The predicted molar refractivity (Wildman–Crippen MR) is 93.4 cm³/mol. The molecule has 0 saturated heterocycles. The van der Waals surface area contributed by atoms with Crippen molar-refractivity contribution < 1.29 is 4.39 Å². The van der Waals surface area contributed by atoms with Gasteiger partial charge in [0.05, 0.1) is 0 Å². The third-order valence-corrected chi connectivity index (χ3v) is 4.84. The number of hydrogen-bond acceptors (Lipinski definition) is 0. The largest absolute Gasteiger partial charge is 0.207 e. The maximum Gasteiger partial charge on any atom is 0.128 e. The molecule has 0 spiro atoms. The SMILES string of the molecule is Fc1cc(Br)ccc1C(Br)Cc1ccc2ccccc2c1. The van der Waals surface area contributed by atoms with E-state index in [1.165, 1.54) is 22.4 Å². The van der Waals surface area contributed by atoms with E-state index in [9.17, 15) is 4.39 Å². The van der Waals surface area contributed by atoms with Gasteiger partial charge in [0.25, 0.3) is 0 Å². The minimum atomic E-state index is -0.188. The molecule has 3 rings (SSSR count). The van der Waals surface area contributed by atoms with Gasteiger partial charge in [0.15, 0.2) is 0 Å². The van der Waals surface area contributed by atoms with Crippen LogP contribution in [0.1, 0.15) is 16.0 Å². The van der Waals surface area contributed by atoms with Crippen LogP contribution in [0.15, 0.2) is 65.1 Å². The Bertz CT molecular complexity index is 783. The molecule has 3 heteroatoms. The minimum absolute atomic E-state index is 0.0354. The molecule has 21 heavy (non-hydrogen) atoms. The summed E-state index contributed by atoms with van der Waals surface area (Å²) >= 11 is 6.89. The highest BCUT2D eigenvalue weighted by Gasteiger charge is 2.13. The summed E-state index contributed by atoms with van der Waals surface area (Å²) < 4.78 is 14.8. The van der Waals surface area contributed by atoms with Crippen LogP contribution in [-0.2, 0) is 6.42 Å². The lowest BCUT2D eigenvalue weighted by molar-refractivity contribution is 0.607. The molecule has 0 saturated carbocycles. The van der Waals surface area contributed by atoms with Gasteiger partial charge in [-0.15, -0.1) is 0 Å². The van der Waals surface area contributed by atoms with Crippen LogP contribution in [0.3, 0.4) is 0 Å². The van der Waals surface area contributed by atoms with Crippen molar-refractivity contribution in [2.24, 2.45) is 0 Å². The van der Waals surface area contributed by atoms with E-state index in [0.29, 0.717) is 5.56 Å². The Morgan fingerprint density at radius 3 is 2.43 bits per heavy atom. The lowest BCUT2D eigenvalue weighted by Crippen LogP contribution is -1.98. The summed E-state index contributed by atoms with van der Waals surface area (Å²) in [5, 5.41) is 2.44. The van der Waals surface area contributed by atoms with E-state index in [-0.39, 0.29) is 10.6 Å². The molecule has 3 aromatic rings. The predicted octanol–water partition coefficient (Wildman–Crippen LogP) is 6.42. The summed E-state index contributed by atoms with van der Waals surface area (Å²) in [6.45, 7) is 0. The maximum absolute atomic E-state index is 14.0. The van der Waals surface area contributed by atoms with E-state index in [2.05, 4.69) is 62.2 Å². The molecule has 1 unspecified atom stereocenters. The van der Waals surface area contributed by atoms with Gasteiger partial charge in [0.1, 0.15) is 5.82 Å². The third-order valence-electron chi connectivity index (χ3n) is 3.53. The van der Waals surface area contributed by atoms with E-state index in [4.69, 9.17) is 0 Å². The minimum Gasteiger partial charge on any atom is -0.207 e. The van der Waals surface area contributed by atoms with E-state index in [0.717, 1.165) is 10.9 Å². The van der Waals surface area contributed by atoms with E-state index in [1.807, 2.05) is 24.3 Å². The quantitative estimate of drug-likeness (QED) is 0.439. The molecule has 0 heterocycles. The molecule has 106 valence electrons. The molecule has 0 radical (unpaired) electrons. The zero-order valence-corrected chi connectivity index (χ0v) is 14.4. The second-order valence-corrected chi connectivity index (χ2v) is 7.04. The molecule has 0 aliphatic heterocycles. The first-order chi connectivity index (χ1) is 10.1. The lowest BCUT2D eigenvalue weighted by Gasteiger charge is -2.12. The van der Waals surface area contributed by atoms with Crippen molar-refractivity contribution in [3.8, 4) is 0 Å². The summed E-state index contributed by atoms with van der Waals surface area (Å²) in [5.41, 5.74) is 1.88. The Balaban J connectivity index is 1.87. The highest BCUT2D eigenvalue weighted by molar-refractivity contribution is 9.10. The first-order valence-electron chi connectivity index (χ1n) is 6.70. The van der Waals surface area contributed by atoms with Crippen LogP contribution in [-0.4, -0.2) is 0 Å². The molecule has 0 aliphatic rings. The molecule has 0 bridgehead atoms. The van der Waals surface area contributed by atoms with Crippen molar-refractivity contribution in [3.05, 3.63) is 82.1 Å². The summed E-state index contributed by atoms with van der Waals surface area (Å²) in [6, 6.07) is 19.8. The Labute approximate surface area is 140 Å². The molecule has 1 atom stereocenters. The number of benzene rings is 3. The first kappa shape index (κ1) is 14.7. The Kier molecular flexibility index (Phi) is 4.41. The zero-order chi connectivity index (χ0) is 14.8. The van der Waals surface area contributed by atoms with Gasteiger partial charge in [0.2, 0.25) is 0 Å². The van der Waals surface area contributed by atoms with Crippen molar-refractivity contribution >= 4 is 42.6 Å². The standard InChI is InChI=1S/C18H13Br2F/c19-15-7-8-16(18(21)11-15)17(20)10-12-5-6-13-3-1-2-4-14(13)9-12/h1-9,11,17H,10H2. The van der Waals surface area contributed by atoms with Gasteiger partial charge in [0, 0.05) is 14.9 Å². The van der Waals surface area contributed by atoms with Crippen LogP contribution in [0, 0.1) is 5.82 Å². The smallest absolute Gasteiger partial charge is 0.128 e. The second kappa shape index (κ2) is 6.29. The molecular formula is C18H13Br2F. The molecule has 0 aliphatic carbocycles. The Morgan fingerprint density at radius 2 is 1.67 bits per heavy atom. The van der Waals surface area contributed by atoms with Crippen LogP contribution in [0.25, 0.3) is 10.8 Å². The van der Waals surface area contributed by atoms with E-state index < -0.39 is 0 Å². The highest BCUT2D eigenvalue weighted by Crippen LogP contribution is 2.31. The first-order valence-corrected chi connectivity index (χ1v) is 8.41. The van der Waals surface area contributed by atoms with Crippen LogP contribution in [0.2, 0.25) is 0 Å². The average molecular weight is 408 g/mol. The summed E-state index contributed by atoms with van der Waals surface area (Å²) in [4.78, 5) is -0.0354. The maximum atomic E-state index is 14.0. The molecule has 0 amide bonds. The normalized spacial score (nSPS) is 12.5. The van der Waals surface area contributed by atoms with E-state index in [1.54, 1.807) is 0 Å². The molecule has 0 aromatic heterocycles. The molecule has 0 N–H and O–H groups in total. The van der Waals surface area contributed by atoms with Crippen LogP contribution in [0.4, 0.5) is 4.39 Å². The van der Waals surface area contributed by atoms with Gasteiger partial charge in [-0.1, -0.05) is 80.4 Å². The molecular weight excluding hydrogens is 395 g/mol. The molecule has 0 fully saturated rings. The van der Waals surface area contributed by atoms with Gasteiger partial charge in [-0.25, -0.2) is 4.39 Å². The zero-order valence-electron chi connectivity index (χ0n) is 11.2. The van der Waals surface area contributed by atoms with Gasteiger partial charge in [-0.2, -0.15) is 0 Å². The van der Waals surface area contributed by atoms with Gasteiger partial charge < -0.3 is 0 Å². The number of halogens is 3. The number of alkyl halides is 1. The fourth-order valence-electron chi connectivity index (χ4n) is 2.44. The van der Waals surface area contributed by atoms with Gasteiger partial charge in [-0.3, -0.25) is 0 Å². The Hall–Kier alpha value is -1.19. The van der Waals surface area contributed by atoms with Crippen LogP contribution < -0.4 is 0 Å². The van der Waals surface area contributed by atoms with Crippen molar-refractivity contribution in [3.63, 3.8) is 0 Å². The fourth-order valence-corrected chi connectivity index (χ4v) is 3.52. The second-order valence-electron chi connectivity index (χ2n) is 5.02. The average Bonchev–Trinajstić information content (AvgIpc) is 2.47. The van der Waals surface area contributed by atoms with Crippen molar-refractivity contribution in [2.75, 3.05) is 0 Å². The number of rotatable bonds is 3.